The zero-order chi connectivity index (χ0) is 33.3. The van der Waals surface area contributed by atoms with Gasteiger partial charge in [0.25, 0.3) is 17.3 Å². The largest absolute Gasteiger partial charge is 0.444 e. The molecule has 3 N–H and O–H groups in total. The first-order valence-corrected chi connectivity index (χ1v) is 14.0. The predicted octanol–water partition coefficient (Wildman–Crippen LogP) is 4.31. The summed E-state index contributed by atoms with van der Waals surface area (Å²) in [5, 5.41) is 27.1. The Morgan fingerprint density at radius 3 is 1.78 bits per heavy atom. The number of hydrogen-bond acceptors (Lipinski definition) is 9. The van der Waals surface area contributed by atoms with Gasteiger partial charge in [-0.05, 0) is 50.5 Å². The molecule has 0 radical (unpaired) electrons. The van der Waals surface area contributed by atoms with Gasteiger partial charge in [0.2, 0.25) is 5.91 Å². The van der Waals surface area contributed by atoms with Crippen LogP contribution in [-0.2, 0) is 27.2 Å². The Morgan fingerprint density at radius 2 is 1.33 bits per heavy atom. The molecule has 0 saturated carbocycles. The molecule has 3 aromatic rings. The third-order valence-electron chi connectivity index (χ3n) is 6.42. The second-order valence-electron chi connectivity index (χ2n) is 11.3. The summed E-state index contributed by atoms with van der Waals surface area (Å²) < 4.78 is 5.40. The number of hydrogen-bond donors (Lipinski definition) is 2. The molecule has 0 bridgehead atoms. The fraction of sp³-hybridized carbons (Fsp3) is 0.323. The molecule has 0 aliphatic rings. The molecule has 0 saturated heterocycles. The number of carbonyl (C=O) groups excluding carboxylic acids is 3. The van der Waals surface area contributed by atoms with Gasteiger partial charge in [-0.15, -0.1) is 0 Å². The van der Waals surface area contributed by atoms with Gasteiger partial charge >= 0.3 is 6.09 Å². The minimum Gasteiger partial charge on any atom is -0.444 e. The van der Waals surface area contributed by atoms with Crippen molar-refractivity contribution < 1.29 is 29.0 Å². The molecule has 238 valence electrons. The third-order valence-corrected chi connectivity index (χ3v) is 6.42. The molecule has 0 aliphatic heterocycles. The Bertz CT molecular complexity index is 1510. The summed E-state index contributed by atoms with van der Waals surface area (Å²) in [6.07, 6.45) is -0.772. The van der Waals surface area contributed by atoms with Crippen molar-refractivity contribution in [1.82, 2.24) is 10.3 Å². The van der Waals surface area contributed by atoms with Gasteiger partial charge in [-0.25, -0.2) is 14.8 Å². The van der Waals surface area contributed by atoms with Crippen LogP contribution in [0.3, 0.4) is 0 Å². The molecule has 3 aromatic carbocycles. The lowest BCUT2D eigenvalue weighted by Crippen LogP contribution is -2.60. The van der Waals surface area contributed by atoms with Crippen molar-refractivity contribution >= 4 is 35.0 Å². The number of carbonyl (C=O) groups is 3. The van der Waals surface area contributed by atoms with Crippen molar-refractivity contribution in [2.24, 2.45) is 5.73 Å². The van der Waals surface area contributed by atoms with Gasteiger partial charge in [0, 0.05) is 43.7 Å². The highest BCUT2D eigenvalue weighted by Gasteiger charge is 2.34. The number of amides is 3. The maximum Gasteiger partial charge on any atom is 0.408 e. The van der Waals surface area contributed by atoms with E-state index in [1.807, 2.05) is 0 Å². The van der Waals surface area contributed by atoms with Crippen molar-refractivity contribution in [2.45, 2.75) is 58.2 Å². The lowest BCUT2D eigenvalue weighted by atomic mass is 10.0. The Balaban J connectivity index is 2.01. The minimum absolute atomic E-state index is 0.0849. The molecule has 0 aliphatic carbocycles. The van der Waals surface area contributed by atoms with E-state index in [9.17, 15) is 34.6 Å². The number of rotatable bonds is 11. The number of nitrogens with zero attached hydrogens (tertiary/aromatic N) is 4. The van der Waals surface area contributed by atoms with E-state index in [4.69, 9.17) is 10.5 Å². The maximum absolute atomic E-state index is 14.4. The number of nitro benzene ring substituents is 2. The van der Waals surface area contributed by atoms with Crippen molar-refractivity contribution in [3.05, 3.63) is 110 Å². The molecule has 0 aromatic heterocycles. The van der Waals surface area contributed by atoms with Gasteiger partial charge in [-0.2, -0.15) is 0 Å². The molecule has 0 fully saturated rings. The van der Waals surface area contributed by atoms with Crippen LogP contribution in [0.15, 0.2) is 78.9 Å². The quantitative estimate of drug-likeness (QED) is 0.232. The van der Waals surface area contributed by atoms with E-state index in [2.05, 4.69) is 5.32 Å². The van der Waals surface area contributed by atoms with Gasteiger partial charge < -0.3 is 15.8 Å². The number of benzene rings is 3. The number of hydrazine groups is 1. The van der Waals surface area contributed by atoms with Gasteiger partial charge in [0.15, 0.2) is 0 Å². The highest BCUT2D eigenvalue weighted by molar-refractivity contribution is 5.97. The van der Waals surface area contributed by atoms with Crippen LogP contribution < -0.4 is 16.1 Å². The van der Waals surface area contributed by atoms with E-state index in [0.717, 1.165) is 10.0 Å². The first-order chi connectivity index (χ1) is 21.1. The molecule has 45 heavy (non-hydrogen) atoms. The maximum atomic E-state index is 14.4. The number of nitrogens with two attached hydrogens (primary N) is 1. The molecule has 14 nitrogen and oxygen atoms in total. The van der Waals surface area contributed by atoms with Crippen LogP contribution in [0.4, 0.5) is 21.9 Å². The van der Waals surface area contributed by atoms with E-state index < -0.39 is 45.4 Å². The standard InChI is InChI=1S/C31H36N6O8/c1-21(38)35(25-8-6-5-7-9-25)34(20-24(32)18-22-10-14-26(15-11-22)36(41)42)29(39)28(33-30(40)45-31(2,3)4)19-23-12-16-27(17-13-23)37(43)44/h5-17,24,28H,18-20,32H2,1-4H3,(H,33,40)/t24-,28-/m0/s1. The summed E-state index contributed by atoms with van der Waals surface area (Å²) in [6.45, 7) is 6.08. The normalized spacial score (nSPS) is 12.4. The van der Waals surface area contributed by atoms with Crippen molar-refractivity contribution in [1.29, 1.82) is 0 Å². The molecule has 3 amide bonds. The monoisotopic (exact) mass is 620 g/mol. The van der Waals surface area contributed by atoms with Crippen LogP contribution in [0.25, 0.3) is 0 Å². The van der Waals surface area contributed by atoms with Crippen LogP contribution in [0, 0.1) is 20.2 Å². The summed E-state index contributed by atoms with van der Waals surface area (Å²) >= 11 is 0. The van der Waals surface area contributed by atoms with Crippen LogP contribution in [-0.4, -0.2) is 57.0 Å². The van der Waals surface area contributed by atoms with Crippen LogP contribution in [0.1, 0.15) is 38.8 Å². The van der Waals surface area contributed by atoms with Gasteiger partial charge in [0.1, 0.15) is 11.6 Å². The van der Waals surface area contributed by atoms with E-state index in [1.54, 1.807) is 63.2 Å². The molecule has 14 heteroatoms. The summed E-state index contributed by atoms with van der Waals surface area (Å²) in [7, 11) is 0. The Hall–Kier alpha value is -5.37. The number of alkyl carbamates (subject to hydrolysis) is 1. The van der Waals surface area contributed by atoms with E-state index >= 15 is 0 Å². The second kappa shape index (κ2) is 14.9. The smallest absolute Gasteiger partial charge is 0.408 e. The Kier molecular flexibility index (Phi) is 11.3. The highest BCUT2D eigenvalue weighted by atomic mass is 16.6. The Morgan fingerprint density at radius 1 is 0.844 bits per heavy atom. The van der Waals surface area contributed by atoms with Crippen LogP contribution in [0.5, 0.6) is 0 Å². The lowest BCUT2D eigenvalue weighted by Gasteiger charge is -2.38. The van der Waals surface area contributed by atoms with Crippen molar-refractivity contribution in [2.75, 3.05) is 11.6 Å². The number of anilines is 1. The fourth-order valence-electron chi connectivity index (χ4n) is 4.49. The summed E-state index contributed by atoms with van der Waals surface area (Å²) in [6, 6.07) is 17.7. The van der Waals surface area contributed by atoms with Crippen LogP contribution >= 0.6 is 0 Å². The fourth-order valence-corrected chi connectivity index (χ4v) is 4.49. The zero-order valence-corrected chi connectivity index (χ0v) is 25.4. The second-order valence-corrected chi connectivity index (χ2v) is 11.3. The molecule has 3 rings (SSSR count). The zero-order valence-electron chi connectivity index (χ0n) is 25.4. The lowest BCUT2D eigenvalue weighted by molar-refractivity contribution is -0.385. The van der Waals surface area contributed by atoms with E-state index in [-0.39, 0.29) is 30.8 Å². The number of nitrogens with one attached hydrogen (secondary N) is 1. The summed E-state index contributed by atoms with van der Waals surface area (Å²) in [5.41, 5.74) is 6.92. The molecule has 0 unspecified atom stereocenters. The predicted molar refractivity (Wildman–Crippen MR) is 166 cm³/mol. The minimum atomic E-state index is -1.28. The molecule has 0 spiro atoms. The van der Waals surface area contributed by atoms with Gasteiger partial charge in [-0.3, -0.25) is 29.8 Å². The van der Waals surface area contributed by atoms with Gasteiger partial charge in [0.05, 0.1) is 22.1 Å². The number of nitro groups is 2. The highest BCUT2D eigenvalue weighted by Crippen LogP contribution is 2.21. The first-order valence-electron chi connectivity index (χ1n) is 14.0. The number of non-ortho nitro benzene ring substituents is 2. The Labute approximate surface area is 260 Å². The molecule has 0 heterocycles. The van der Waals surface area contributed by atoms with Gasteiger partial charge in [-0.1, -0.05) is 42.5 Å². The summed E-state index contributed by atoms with van der Waals surface area (Å²) in [5.74, 6) is -1.21. The number of para-hydroxylation sites is 1. The van der Waals surface area contributed by atoms with Crippen LogP contribution in [0.2, 0.25) is 0 Å². The first kappa shape index (κ1) is 34.1. The molecular weight excluding hydrogens is 584 g/mol. The molecule has 2 atom stereocenters. The molecular formula is C31H36N6O8. The van der Waals surface area contributed by atoms with E-state index in [1.165, 1.54) is 43.3 Å². The summed E-state index contributed by atoms with van der Waals surface area (Å²) in [4.78, 5) is 61.5. The van der Waals surface area contributed by atoms with Crippen molar-refractivity contribution in [3.8, 4) is 0 Å². The number of ether oxygens (including phenoxy) is 1. The van der Waals surface area contributed by atoms with Crippen molar-refractivity contribution in [3.63, 3.8) is 0 Å². The SMILES string of the molecule is CC(=O)N(c1ccccc1)N(C[C@@H](N)Cc1ccc([N+](=O)[O-])cc1)C(=O)[C@H](Cc1ccc([N+](=O)[O-])cc1)NC(=O)OC(C)(C)C. The average molecular weight is 621 g/mol. The topological polar surface area (TPSA) is 191 Å². The third kappa shape index (κ3) is 10.1. The van der Waals surface area contributed by atoms with E-state index in [0.29, 0.717) is 16.8 Å². The average Bonchev–Trinajstić information content (AvgIpc) is 2.96.